The molecule has 0 radical (unpaired) electrons. The lowest BCUT2D eigenvalue weighted by Gasteiger charge is -2.44. The molecule has 0 saturated heterocycles. The van der Waals surface area contributed by atoms with Crippen molar-refractivity contribution in [3.05, 3.63) is 0 Å². The molecule has 2 unspecified atom stereocenters. The predicted molar refractivity (Wildman–Crippen MR) is 53.2 cm³/mol. The highest BCUT2D eigenvalue weighted by molar-refractivity contribution is 5.46. The smallest absolute Gasteiger partial charge is 0.207 e. The molecule has 1 aliphatic rings. The van der Waals surface area contributed by atoms with Crippen molar-refractivity contribution in [3.63, 3.8) is 0 Å². The van der Waals surface area contributed by atoms with Gasteiger partial charge in [0.1, 0.15) is 0 Å². The second-order valence-corrected chi connectivity index (χ2v) is 5.38. The first kappa shape index (κ1) is 10.5. The van der Waals surface area contributed by atoms with Gasteiger partial charge in [-0.05, 0) is 31.6 Å². The zero-order valence-electron chi connectivity index (χ0n) is 8.76. The van der Waals surface area contributed by atoms with Gasteiger partial charge >= 0.3 is 0 Å². The monoisotopic (exact) mass is 184 g/mol. The summed E-state index contributed by atoms with van der Waals surface area (Å²) in [4.78, 5) is 10.3. The van der Waals surface area contributed by atoms with Gasteiger partial charge in [0, 0.05) is 11.6 Å². The summed E-state index contributed by atoms with van der Waals surface area (Å²) < 4.78 is 0. The maximum absolute atomic E-state index is 10.3. The third-order valence-corrected chi connectivity index (χ3v) is 2.70. The highest BCUT2D eigenvalue weighted by atomic mass is 16.1. The van der Waals surface area contributed by atoms with Crippen molar-refractivity contribution in [3.8, 4) is 0 Å². The van der Waals surface area contributed by atoms with Crippen LogP contribution in [0.2, 0.25) is 0 Å². The summed E-state index contributed by atoms with van der Waals surface area (Å²) in [6.07, 6.45) is 3.72. The Kier molecular flexibility index (Phi) is 2.66. The van der Waals surface area contributed by atoms with E-state index in [4.69, 9.17) is 5.73 Å². The van der Waals surface area contributed by atoms with Gasteiger partial charge in [-0.15, -0.1) is 0 Å². The molecule has 0 spiro atoms. The largest absolute Gasteiger partial charge is 0.356 e. The Hall–Kier alpha value is -0.570. The molecule has 0 aromatic heterocycles. The maximum atomic E-state index is 10.3. The lowest BCUT2D eigenvalue weighted by Crippen LogP contribution is -2.52. The normalized spacial score (nSPS) is 38.3. The Morgan fingerprint density at radius 1 is 1.38 bits per heavy atom. The molecule has 76 valence electrons. The van der Waals surface area contributed by atoms with Crippen molar-refractivity contribution in [2.45, 2.75) is 51.6 Å². The number of nitrogens with one attached hydrogen (secondary N) is 1. The van der Waals surface area contributed by atoms with Crippen LogP contribution in [0, 0.1) is 5.41 Å². The van der Waals surface area contributed by atoms with Crippen molar-refractivity contribution in [1.82, 2.24) is 5.32 Å². The van der Waals surface area contributed by atoms with Crippen molar-refractivity contribution in [2.24, 2.45) is 11.1 Å². The van der Waals surface area contributed by atoms with E-state index in [1.807, 2.05) is 0 Å². The first-order valence-electron chi connectivity index (χ1n) is 4.83. The van der Waals surface area contributed by atoms with Crippen molar-refractivity contribution < 1.29 is 4.79 Å². The third kappa shape index (κ3) is 2.99. The molecule has 3 nitrogen and oxygen atoms in total. The van der Waals surface area contributed by atoms with Crippen LogP contribution < -0.4 is 11.1 Å². The lowest BCUT2D eigenvalue weighted by molar-refractivity contribution is -0.110. The Morgan fingerprint density at radius 2 is 2.00 bits per heavy atom. The van der Waals surface area contributed by atoms with E-state index in [2.05, 4.69) is 26.1 Å². The molecule has 1 saturated carbocycles. The number of rotatable bonds is 2. The van der Waals surface area contributed by atoms with Crippen molar-refractivity contribution in [2.75, 3.05) is 0 Å². The van der Waals surface area contributed by atoms with E-state index in [1.165, 1.54) is 0 Å². The fourth-order valence-electron chi connectivity index (χ4n) is 2.75. The second-order valence-electron chi connectivity index (χ2n) is 5.38. The van der Waals surface area contributed by atoms with Crippen molar-refractivity contribution >= 4 is 6.41 Å². The van der Waals surface area contributed by atoms with Gasteiger partial charge in [-0.25, -0.2) is 0 Å². The van der Waals surface area contributed by atoms with Gasteiger partial charge in [0.25, 0.3) is 0 Å². The molecule has 2 atom stereocenters. The summed E-state index contributed by atoms with van der Waals surface area (Å²) in [6.45, 7) is 6.47. The molecule has 0 aromatic carbocycles. The number of amides is 1. The summed E-state index contributed by atoms with van der Waals surface area (Å²) in [5.74, 6) is 0. The van der Waals surface area contributed by atoms with Gasteiger partial charge < -0.3 is 11.1 Å². The highest BCUT2D eigenvalue weighted by Crippen LogP contribution is 2.39. The topological polar surface area (TPSA) is 55.1 Å². The lowest BCUT2D eigenvalue weighted by atomic mass is 9.67. The molecule has 3 N–H and O–H groups in total. The highest BCUT2D eigenvalue weighted by Gasteiger charge is 2.38. The van der Waals surface area contributed by atoms with E-state index in [1.54, 1.807) is 0 Å². The summed E-state index contributed by atoms with van der Waals surface area (Å²) in [6, 6.07) is 0.247. The molecule has 13 heavy (non-hydrogen) atoms. The van der Waals surface area contributed by atoms with Gasteiger partial charge in [-0.3, -0.25) is 4.79 Å². The van der Waals surface area contributed by atoms with E-state index in [0.717, 1.165) is 25.7 Å². The standard InChI is InChI=1S/C10H20N2O/c1-9(2)4-8(12-7-13)5-10(3,11)6-9/h7-8H,4-6,11H2,1-3H3,(H,12,13). The molecule has 1 aliphatic carbocycles. The van der Waals surface area contributed by atoms with Gasteiger partial charge in [-0.1, -0.05) is 13.8 Å². The summed E-state index contributed by atoms with van der Waals surface area (Å²) in [7, 11) is 0. The SMILES string of the molecule is CC1(C)CC(NC=O)CC(C)(N)C1. The summed E-state index contributed by atoms with van der Waals surface area (Å²) in [5, 5.41) is 2.84. The average Bonchev–Trinajstić information content (AvgIpc) is 1.78. The fourth-order valence-corrected chi connectivity index (χ4v) is 2.75. The van der Waals surface area contributed by atoms with Gasteiger partial charge in [0.2, 0.25) is 6.41 Å². The van der Waals surface area contributed by atoms with Crippen LogP contribution in [0.5, 0.6) is 0 Å². The van der Waals surface area contributed by atoms with Gasteiger partial charge in [0.15, 0.2) is 0 Å². The second kappa shape index (κ2) is 3.29. The molecular formula is C10H20N2O. The predicted octanol–water partition coefficient (Wildman–Crippen LogP) is 1.03. The first-order valence-corrected chi connectivity index (χ1v) is 4.83. The number of nitrogens with two attached hydrogens (primary N) is 1. The molecule has 0 aromatic rings. The molecule has 1 amide bonds. The fraction of sp³-hybridized carbons (Fsp3) is 0.900. The third-order valence-electron chi connectivity index (χ3n) is 2.70. The number of hydrogen-bond acceptors (Lipinski definition) is 2. The average molecular weight is 184 g/mol. The quantitative estimate of drug-likeness (QED) is 0.630. The van der Waals surface area contributed by atoms with E-state index < -0.39 is 0 Å². The minimum absolute atomic E-state index is 0.136. The van der Waals surface area contributed by atoms with Crippen LogP contribution in [0.15, 0.2) is 0 Å². The molecule has 3 heteroatoms. The summed E-state index contributed by atoms with van der Waals surface area (Å²) >= 11 is 0. The minimum atomic E-state index is -0.136. The molecule has 1 fully saturated rings. The van der Waals surface area contributed by atoms with Crippen LogP contribution in [-0.4, -0.2) is 18.0 Å². The zero-order chi connectivity index (χ0) is 10.1. The first-order chi connectivity index (χ1) is 5.85. The van der Waals surface area contributed by atoms with Crippen LogP contribution in [0.3, 0.4) is 0 Å². The van der Waals surface area contributed by atoms with E-state index in [-0.39, 0.29) is 17.0 Å². The molecule has 0 heterocycles. The van der Waals surface area contributed by atoms with Crippen LogP contribution >= 0.6 is 0 Å². The van der Waals surface area contributed by atoms with Crippen LogP contribution in [-0.2, 0) is 4.79 Å². The Labute approximate surface area is 80.1 Å². The number of carbonyl (C=O) groups excluding carboxylic acids is 1. The summed E-state index contributed by atoms with van der Waals surface area (Å²) in [5.41, 5.74) is 6.22. The Morgan fingerprint density at radius 3 is 2.46 bits per heavy atom. The Bertz CT molecular complexity index is 183. The molecule has 0 bridgehead atoms. The van der Waals surface area contributed by atoms with Crippen molar-refractivity contribution in [1.29, 1.82) is 0 Å². The maximum Gasteiger partial charge on any atom is 0.207 e. The van der Waals surface area contributed by atoms with Crippen LogP contribution in [0.1, 0.15) is 40.0 Å². The van der Waals surface area contributed by atoms with E-state index >= 15 is 0 Å². The van der Waals surface area contributed by atoms with E-state index in [9.17, 15) is 4.79 Å². The molecule has 1 rings (SSSR count). The number of hydrogen-bond donors (Lipinski definition) is 2. The van der Waals surface area contributed by atoms with Gasteiger partial charge in [-0.2, -0.15) is 0 Å². The zero-order valence-corrected chi connectivity index (χ0v) is 8.76. The number of carbonyl (C=O) groups is 1. The van der Waals surface area contributed by atoms with Gasteiger partial charge in [0.05, 0.1) is 0 Å². The van der Waals surface area contributed by atoms with Crippen LogP contribution in [0.25, 0.3) is 0 Å². The Balaban J connectivity index is 2.66. The minimum Gasteiger partial charge on any atom is -0.356 e. The molecule has 0 aliphatic heterocycles. The van der Waals surface area contributed by atoms with E-state index in [0.29, 0.717) is 0 Å². The molecular weight excluding hydrogens is 164 g/mol. The van der Waals surface area contributed by atoms with Crippen LogP contribution in [0.4, 0.5) is 0 Å².